The average molecular weight is 438 g/mol. The maximum atomic E-state index is 12.5. The minimum atomic E-state index is -1.07. The van der Waals surface area contributed by atoms with E-state index < -0.39 is 24.0 Å². The van der Waals surface area contributed by atoms with Gasteiger partial charge in [-0.05, 0) is 47.4 Å². The molecule has 0 saturated heterocycles. The fourth-order valence-electron chi connectivity index (χ4n) is 3.91. The first-order valence-electron chi connectivity index (χ1n) is 10.8. The number of alkyl carbamates (subject to hydrolysis) is 1. The van der Waals surface area contributed by atoms with Gasteiger partial charge < -0.3 is 15.2 Å². The highest BCUT2D eigenvalue weighted by atomic mass is 16.7. The van der Waals surface area contributed by atoms with Crippen molar-refractivity contribution in [3.63, 3.8) is 0 Å². The Kier molecular flexibility index (Phi) is 6.70. The van der Waals surface area contributed by atoms with Crippen molar-refractivity contribution in [1.29, 1.82) is 0 Å². The number of carbonyl (C=O) groups is 3. The van der Waals surface area contributed by atoms with Crippen molar-refractivity contribution >= 4 is 18.0 Å². The van der Waals surface area contributed by atoms with Gasteiger partial charge in [0.2, 0.25) is 0 Å². The van der Waals surface area contributed by atoms with Gasteiger partial charge in [0.1, 0.15) is 12.6 Å². The Hall–Kier alpha value is -3.39. The molecule has 8 heteroatoms. The Morgan fingerprint density at radius 3 is 2.19 bits per heavy atom. The van der Waals surface area contributed by atoms with Crippen LogP contribution < -0.4 is 10.8 Å². The molecule has 1 atom stereocenters. The van der Waals surface area contributed by atoms with Gasteiger partial charge in [-0.2, -0.15) is 0 Å². The quantitative estimate of drug-likeness (QED) is 0.491. The molecule has 2 aromatic carbocycles. The standard InChI is InChI=1S/C24H26N2O6/c27-22(28)12-11-21(23(29)26-32-13-15-9-10-15)25-24(30)31-14-20-18-7-3-1-5-16(18)17-6-2-4-8-19(17)20/h1-8,15,20-21H,9-14H2,(H,25,30)(H,26,29)(H,27,28). The van der Waals surface area contributed by atoms with E-state index in [0.29, 0.717) is 12.5 Å². The van der Waals surface area contributed by atoms with Crippen molar-refractivity contribution < 1.29 is 29.1 Å². The van der Waals surface area contributed by atoms with E-state index in [2.05, 4.69) is 10.8 Å². The highest BCUT2D eigenvalue weighted by molar-refractivity contribution is 5.85. The highest BCUT2D eigenvalue weighted by Crippen LogP contribution is 2.44. The number of carboxylic acids is 1. The van der Waals surface area contributed by atoms with Crippen LogP contribution in [0.15, 0.2) is 48.5 Å². The van der Waals surface area contributed by atoms with Crippen LogP contribution in [0, 0.1) is 5.92 Å². The molecule has 3 N–H and O–H groups in total. The summed E-state index contributed by atoms with van der Waals surface area (Å²) in [5.41, 5.74) is 6.69. The third-order valence-corrected chi connectivity index (χ3v) is 5.79. The van der Waals surface area contributed by atoms with Crippen LogP contribution in [0.2, 0.25) is 0 Å². The lowest BCUT2D eigenvalue weighted by molar-refractivity contribution is -0.138. The molecule has 0 aromatic heterocycles. The lowest BCUT2D eigenvalue weighted by atomic mass is 9.98. The Bertz CT molecular complexity index is 958. The minimum Gasteiger partial charge on any atom is -0.481 e. The molecule has 0 bridgehead atoms. The monoisotopic (exact) mass is 438 g/mol. The van der Waals surface area contributed by atoms with E-state index in [1.165, 1.54) is 0 Å². The number of hydrogen-bond acceptors (Lipinski definition) is 5. The number of aliphatic carboxylic acids is 1. The number of benzene rings is 2. The van der Waals surface area contributed by atoms with Crippen LogP contribution in [0.3, 0.4) is 0 Å². The van der Waals surface area contributed by atoms with Gasteiger partial charge in [0, 0.05) is 12.3 Å². The zero-order valence-corrected chi connectivity index (χ0v) is 17.6. The number of hydrogen-bond donors (Lipinski definition) is 3. The molecule has 1 saturated carbocycles. The molecule has 1 fully saturated rings. The van der Waals surface area contributed by atoms with E-state index in [0.717, 1.165) is 35.1 Å². The highest BCUT2D eigenvalue weighted by Gasteiger charge is 2.30. The second kappa shape index (κ2) is 9.82. The first-order valence-corrected chi connectivity index (χ1v) is 10.8. The summed E-state index contributed by atoms with van der Waals surface area (Å²) in [4.78, 5) is 41.0. The van der Waals surface area contributed by atoms with E-state index in [-0.39, 0.29) is 25.4 Å². The zero-order chi connectivity index (χ0) is 22.5. The number of fused-ring (bicyclic) bond motifs is 3. The summed E-state index contributed by atoms with van der Waals surface area (Å²) in [7, 11) is 0. The van der Waals surface area contributed by atoms with E-state index >= 15 is 0 Å². The fourth-order valence-corrected chi connectivity index (χ4v) is 3.91. The van der Waals surface area contributed by atoms with Gasteiger partial charge >= 0.3 is 12.1 Å². The zero-order valence-electron chi connectivity index (χ0n) is 17.6. The van der Waals surface area contributed by atoms with Crippen LogP contribution in [0.5, 0.6) is 0 Å². The van der Waals surface area contributed by atoms with E-state index in [4.69, 9.17) is 14.7 Å². The van der Waals surface area contributed by atoms with E-state index in [1.807, 2.05) is 48.5 Å². The Labute approximate surface area is 185 Å². The summed E-state index contributed by atoms with van der Waals surface area (Å²) in [5, 5.41) is 11.4. The second-order valence-electron chi connectivity index (χ2n) is 8.18. The predicted octanol–water partition coefficient (Wildman–Crippen LogP) is 3.22. The molecule has 0 aliphatic heterocycles. The van der Waals surface area contributed by atoms with Crippen molar-refractivity contribution in [2.45, 2.75) is 37.6 Å². The Balaban J connectivity index is 1.36. The fraction of sp³-hybridized carbons (Fsp3) is 0.375. The summed E-state index contributed by atoms with van der Waals surface area (Å²) in [5.74, 6) is -1.32. The first kappa shape index (κ1) is 21.8. The molecule has 0 radical (unpaired) electrons. The summed E-state index contributed by atoms with van der Waals surface area (Å²) in [6.45, 7) is 0.508. The van der Waals surface area contributed by atoms with E-state index in [1.54, 1.807) is 0 Å². The molecule has 0 spiro atoms. The SMILES string of the molecule is O=C(O)CCC(NC(=O)OCC1c2ccccc2-c2ccccc21)C(=O)NOCC1CC1. The van der Waals surface area contributed by atoms with Gasteiger partial charge in [-0.15, -0.1) is 0 Å². The first-order chi connectivity index (χ1) is 15.5. The molecule has 2 aromatic rings. The molecule has 4 rings (SSSR count). The smallest absolute Gasteiger partial charge is 0.407 e. The van der Waals surface area contributed by atoms with Crippen LogP contribution in [-0.2, 0) is 19.2 Å². The summed E-state index contributed by atoms with van der Waals surface area (Å²) < 4.78 is 5.46. The molecule has 2 amide bonds. The number of rotatable bonds is 10. The summed E-state index contributed by atoms with van der Waals surface area (Å²) in [6.07, 6.45) is 1.01. The molecule has 168 valence electrons. The summed E-state index contributed by atoms with van der Waals surface area (Å²) in [6, 6.07) is 14.9. The topological polar surface area (TPSA) is 114 Å². The number of carboxylic acid groups (broad SMARTS) is 1. The van der Waals surface area contributed by atoms with Gasteiger partial charge in [-0.1, -0.05) is 48.5 Å². The van der Waals surface area contributed by atoms with Gasteiger partial charge in [0.25, 0.3) is 5.91 Å². The van der Waals surface area contributed by atoms with Gasteiger partial charge in [-0.3, -0.25) is 14.4 Å². The number of ether oxygens (including phenoxy) is 1. The van der Waals surface area contributed by atoms with Gasteiger partial charge in [0.15, 0.2) is 0 Å². The van der Waals surface area contributed by atoms with Crippen molar-refractivity contribution in [2.75, 3.05) is 13.2 Å². The van der Waals surface area contributed by atoms with Gasteiger partial charge in [0.05, 0.1) is 6.61 Å². The summed E-state index contributed by atoms with van der Waals surface area (Å²) >= 11 is 0. The Morgan fingerprint density at radius 1 is 0.969 bits per heavy atom. The van der Waals surface area contributed by atoms with Crippen molar-refractivity contribution in [3.8, 4) is 11.1 Å². The van der Waals surface area contributed by atoms with Gasteiger partial charge in [-0.25, -0.2) is 10.3 Å². The molecule has 1 unspecified atom stereocenters. The lowest BCUT2D eigenvalue weighted by Gasteiger charge is -2.19. The molecule has 8 nitrogen and oxygen atoms in total. The Morgan fingerprint density at radius 2 is 1.59 bits per heavy atom. The molecule has 32 heavy (non-hydrogen) atoms. The van der Waals surface area contributed by atoms with Crippen LogP contribution in [-0.4, -0.2) is 42.3 Å². The van der Waals surface area contributed by atoms with E-state index in [9.17, 15) is 14.4 Å². The molecule has 0 heterocycles. The molecule has 2 aliphatic rings. The maximum absolute atomic E-state index is 12.5. The van der Waals surface area contributed by atoms with Crippen LogP contribution in [0.1, 0.15) is 42.7 Å². The van der Waals surface area contributed by atoms with Crippen LogP contribution in [0.4, 0.5) is 4.79 Å². The van der Waals surface area contributed by atoms with Crippen LogP contribution >= 0.6 is 0 Å². The average Bonchev–Trinajstić information content (AvgIpc) is 3.56. The van der Waals surface area contributed by atoms with Crippen molar-refractivity contribution in [2.24, 2.45) is 5.92 Å². The lowest BCUT2D eigenvalue weighted by Crippen LogP contribution is -2.47. The maximum Gasteiger partial charge on any atom is 0.407 e. The van der Waals surface area contributed by atoms with Crippen LogP contribution in [0.25, 0.3) is 11.1 Å². The normalized spacial score (nSPS) is 15.4. The second-order valence-corrected chi connectivity index (χ2v) is 8.18. The molecular formula is C24H26N2O6. The van der Waals surface area contributed by atoms with Crippen molar-refractivity contribution in [1.82, 2.24) is 10.8 Å². The third kappa shape index (κ3) is 5.26. The largest absolute Gasteiger partial charge is 0.481 e. The number of hydroxylamine groups is 1. The predicted molar refractivity (Wildman–Crippen MR) is 116 cm³/mol. The molecular weight excluding hydrogens is 412 g/mol. The number of carbonyl (C=O) groups excluding carboxylic acids is 2. The third-order valence-electron chi connectivity index (χ3n) is 5.79. The number of nitrogens with one attached hydrogen (secondary N) is 2. The van der Waals surface area contributed by atoms with Crippen molar-refractivity contribution in [3.05, 3.63) is 59.7 Å². The minimum absolute atomic E-state index is 0.0713. The molecule has 2 aliphatic carbocycles. The number of amides is 2.